The maximum Gasteiger partial charge on any atom is 0.0666 e. The Morgan fingerprint density at radius 3 is 2.47 bits per heavy atom. The first-order valence-electron chi connectivity index (χ1n) is 5.46. The molecule has 0 spiro atoms. The number of rotatable bonds is 5. The van der Waals surface area contributed by atoms with Gasteiger partial charge in [-0.05, 0) is 24.5 Å². The molecular formula is C13H21NO. The normalized spacial score (nSPS) is 12.9. The number of anilines is 1. The molecule has 0 aliphatic heterocycles. The van der Waals surface area contributed by atoms with Crippen molar-refractivity contribution in [1.82, 2.24) is 0 Å². The zero-order valence-electron chi connectivity index (χ0n) is 10.1. The third kappa shape index (κ3) is 3.56. The third-order valence-corrected chi connectivity index (χ3v) is 2.64. The van der Waals surface area contributed by atoms with Crippen LogP contribution in [-0.2, 0) is 4.74 Å². The second-order valence-electron chi connectivity index (χ2n) is 4.27. The fourth-order valence-electron chi connectivity index (χ4n) is 1.51. The van der Waals surface area contributed by atoms with Crippen LogP contribution in [0.15, 0.2) is 24.3 Å². The summed E-state index contributed by atoms with van der Waals surface area (Å²) in [4.78, 5) is 0. The smallest absolute Gasteiger partial charge is 0.0666 e. The molecule has 1 unspecified atom stereocenters. The summed E-state index contributed by atoms with van der Waals surface area (Å²) >= 11 is 0. The van der Waals surface area contributed by atoms with Gasteiger partial charge in [-0.3, -0.25) is 0 Å². The lowest BCUT2D eigenvalue weighted by Crippen LogP contribution is -2.30. The van der Waals surface area contributed by atoms with Gasteiger partial charge >= 0.3 is 0 Å². The molecule has 1 atom stereocenters. The van der Waals surface area contributed by atoms with Gasteiger partial charge in [0, 0.05) is 12.8 Å². The second-order valence-corrected chi connectivity index (χ2v) is 4.27. The summed E-state index contributed by atoms with van der Waals surface area (Å²) in [5, 5.41) is 3.52. The first kappa shape index (κ1) is 12.1. The van der Waals surface area contributed by atoms with Crippen LogP contribution in [0, 0.1) is 12.8 Å². The van der Waals surface area contributed by atoms with Gasteiger partial charge in [0.25, 0.3) is 0 Å². The van der Waals surface area contributed by atoms with E-state index in [-0.39, 0.29) is 0 Å². The summed E-state index contributed by atoms with van der Waals surface area (Å²) in [6, 6.07) is 8.71. The summed E-state index contributed by atoms with van der Waals surface area (Å²) in [5.74, 6) is 0.560. The van der Waals surface area contributed by atoms with Gasteiger partial charge in [-0.15, -0.1) is 0 Å². The number of aryl methyl sites for hydroxylation is 1. The molecule has 0 bridgehead atoms. The molecule has 2 nitrogen and oxygen atoms in total. The molecule has 0 aliphatic carbocycles. The van der Waals surface area contributed by atoms with E-state index in [1.54, 1.807) is 7.11 Å². The van der Waals surface area contributed by atoms with Crippen LogP contribution in [0.4, 0.5) is 5.69 Å². The minimum absolute atomic E-state index is 0.371. The van der Waals surface area contributed by atoms with E-state index < -0.39 is 0 Å². The molecule has 0 saturated carbocycles. The fourth-order valence-corrected chi connectivity index (χ4v) is 1.51. The van der Waals surface area contributed by atoms with Crippen molar-refractivity contribution in [2.24, 2.45) is 5.92 Å². The minimum atomic E-state index is 0.371. The second kappa shape index (κ2) is 5.76. The van der Waals surface area contributed by atoms with E-state index in [1.807, 2.05) is 0 Å². The van der Waals surface area contributed by atoms with Crippen LogP contribution in [-0.4, -0.2) is 19.8 Å². The molecule has 1 rings (SSSR count). The number of para-hydroxylation sites is 1. The SMILES string of the molecule is COCC(Nc1ccccc1C)C(C)C. The summed E-state index contributed by atoms with van der Waals surface area (Å²) < 4.78 is 5.21. The Balaban J connectivity index is 2.69. The Kier molecular flexibility index (Phi) is 4.63. The molecule has 1 N–H and O–H groups in total. The molecule has 0 heterocycles. The molecule has 0 aliphatic rings. The first-order chi connectivity index (χ1) is 7.15. The van der Waals surface area contributed by atoms with Crippen LogP contribution < -0.4 is 5.32 Å². The van der Waals surface area contributed by atoms with Crippen LogP contribution in [0.3, 0.4) is 0 Å². The number of hydrogen-bond acceptors (Lipinski definition) is 2. The maximum absolute atomic E-state index is 5.21. The van der Waals surface area contributed by atoms with Gasteiger partial charge < -0.3 is 10.1 Å². The van der Waals surface area contributed by atoms with Crippen molar-refractivity contribution in [2.45, 2.75) is 26.8 Å². The zero-order chi connectivity index (χ0) is 11.3. The minimum Gasteiger partial charge on any atom is -0.383 e. The molecule has 2 heteroatoms. The Morgan fingerprint density at radius 1 is 1.27 bits per heavy atom. The first-order valence-corrected chi connectivity index (χ1v) is 5.46. The van der Waals surface area contributed by atoms with Gasteiger partial charge in [-0.25, -0.2) is 0 Å². The Morgan fingerprint density at radius 2 is 1.93 bits per heavy atom. The van der Waals surface area contributed by atoms with E-state index in [0.29, 0.717) is 12.0 Å². The van der Waals surface area contributed by atoms with Crippen molar-refractivity contribution in [3.8, 4) is 0 Å². The molecule has 84 valence electrons. The van der Waals surface area contributed by atoms with Crippen molar-refractivity contribution in [3.05, 3.63) is 29.8 Å². The van der Waals surface area contributed by atoms with Gasteiger partial charge in [-0.1, -0.05) is 32.0 Å². The molecule has 0 fully saturated rings. The highest BCUT2D eigenvalue weighted by Gasteiger charge is 2.13. The van der Waals surface area contributed by atoms with Gasteiger partial charge in [-0.2, -0.15) is 0 Å². The number of nitrogens with one attached hydrogen (secondary N) is 1. The topological polar surface area (TPSA) is 21.3 Å². The molecule has 0 radical (unpaired) electrons. The fraction of sp³-hybridized carbons (Fsp3) is 0.538. The van der Waals surface area contributed by atoms with Crippen LogP contribution in [0.25, 0.3) is 0 Å². The Labute approximate surface area is 92.6 Å². The van der Waals surface area contributed by atoms with Gasteiger partial charge in [0.2, 0.25) is 0 Å². The van der Waals surface area contributed by atoms with Crippen molar-refractivity contribution >= 4 is 5.69 Å². The quantitative estimate of drug-likeness (QED) is 0.801. The monoisotopic (exact) mass is 207 g/mol. The van der Waals surface area contributed by atoms with Gasteiger partial charge in [0.05, 0.1) is 12.6 Å². The van der Waals surface area contributed by atoms with E-state index in [2.05, 4.69) is 50.4 Å². The predicted molar refractivity (Wildman–Crippen MR) is 65.3 cm³/mol. The Hall–Kier alpha value is -1.02. The average molecular weight is 207 g/mol. The lowest BCUT2D eigenvalue weighted by Gasteiger charge is -2.23. The maximum atomic E-state index is 5.21. The summed E-state index contributed by atoms with van der Waals surface area (Å²) in [6.45, 7) is 7.27. The number of methoxy groups -OCH3 is 1. The highest BCUT2D eigenvalue weighted by atomic mass is 16.5. The Bertz CT molecular complexity index is 296. The van der Waals surface area contributed by atoms with Crippen molar-refractivity contribution in [3.63, 3.8) is 0 Å². The number of benzene rings is 1. The molecular weight excluding hydrogens is 186 g/mol. The third-order valence-electron chi connectivity index (χ3n) is 2.64. The molecule has 0 aromatic heterocycles. The van der Waals surface area contributed by atoms with Gasteiger partial charge in [0.15, 0.2) is 0 Å². The van der Waals surface area contributed by atoms with Crippen LogP contribution in [0.5, 0.6) is 0 Å². The predicted octanol–water partition coefficient (Wildman–Crippen LogP) is 3.08. The van der Waals surface area contributed by atoms with Crippen molar-refractivity contribution < 1.29 is 4.74 Å². The van der Waals surface area contributed by atoms with Crippen molar-refractivity contribution in [1.29, 1.82) is 0 Å². The standard InChI is InChI=1S/C13H21NO/c1-10(2)13(9-15-4)14-12-8-6-5-7-11(12)3/h5-8,10,13-14H,9H2,1-4H3. The lowest BCUT2D eigenvalue weighted by atomic mass is 10.0. The number of hydrogen-bond donors (Lipinski definition) is 1. The van der Waals surface area contributed by atoms with E-state index in [1.165, 1.54) is 11.3 Å². The van der Waals surface area contributed by atoms with E-state index in [0.717, 1.165) is 6.61 Å². The molecule has 1 aromatic carbocycles. The summed E-state index contributed by atoms with van der Waals surface area (Å²) in [7, 11) is 1.74. The highest BCUT2D eigenvalue weighted by Crippen LogP contribution is 2.17. The van der Waals surface area contributed by atoms with E-state index in [4.69, 9.17) is 4.74 Å². The summed E-state index contributed by atoms with van der Waals surface area (Å²) in [6.07, 6.45) is 0. The largest absolute Gasteiger partial charge is 0.383 e. The van der Waals surface area contributed by atoms with Gasteiger partial charge in [0.1, 0.15) is 0 Å². The average Bonchev–Trinajstić information content (AvgIpc) is 2.20. The van der Waals surface area contributed by atoms with Crippen molar-refractivity contribution in [2.75, 3.05) is 19.0 Å². The molecule has 0 saturated heterocycles. The number of ether oxygens (including phenoxy) is 1. The molecule has 15 heavy (non-hydrogen) atoms. The van der Waals surface area contributed by atoms with Crippen LogP contribution >= 0.6 is 0 Å². The highest BCUT2D eigenvalue weighted by molar-refractivity contribution is 5.51. The zero-order valence-corrected chi connectivity index (χ0v) is 10.1. The van der Waals surface area contributed by atoms with E-state index in [9.17, 15) is 0 Å². The summed E-state index contributed by atoms with van der Waals surface area (Å²) in [5.41, 5.74) is 2.48. The molecule has 0 amide bonds. The lowest BCUT2D eigenvalue weighted by molar-refractivity contribution is 0.171. The van der Waals surface area contributed by atoms with Crippen LogP contribution in [0.2, 0.25) is 0 Å². The van der Waals surface area contributed by atoms with E-state index >= 15 is 0 Å². The molecule has 1 aromatic rings. The van der Waals surface area contributed by atoms with Crippen LogP contribution in [0.1, 0.15) is 19.4 Å².